The van der Waals surface area contributed by atoms with Gasteiger partial charge in [-0.15, -0.1) is 0 Å². The summed E-state index contributed by atoms with van der Waals surface area (Å²) in [6, 6.07) is 23.7. The number of fused-ring (bicyclic) bond motifs is 1. The zero-order valence-electron chi connectivity index (χ0n) is 17.0. The Bertz CT molecular complexity index is 1250. The molecule has 31 heavy (non-hydrogen) atoms. The van der Waals surface area contributed by atoms with E-state index in [2.05, 4.69) is 19.1 Å². The standard InChI is InChI=1S/C26H20ClNO3/c1-2-17-7-9-18(10-8-17)24-15-22(21-5-3-4-6-23(21)28-24)26(30)31-16-25(29)19-11-13-20(27)14-12-19/h3-15H,2,16H2,1H3. The van der Waals surface area contributed by atoms with Gasteiger partial charge in [-0.2, -0.15) is 0 Å². The minimum absolute atomic E-state index is 0.293. The van der Waals surface area contributed by atoms with Crippen LogP contribution >= 0.6 is 11.6 Å². The minimum atomic E-state index is -0.563. The predicted molar refractivity (Wildman–Crippen MR) is 123 cm³/mol. The van der Waals surface area contributed by atoms with Gasteiger partial charge in [0, 0.05) is 21.5 Å². The minimum Gasteiger partial charge on any atom is -0.454 e. The molecule has 0 saturated carbocycles. The Kier molecular flexibility index (Phi) is 6.10. The number of aryl methyl sites for hydroxylation is 1. The Morgan fingerprint density at radius 2 is 1.65 bits per heavy atom. The van der Waals surface area contributed by atoms with Crippen LogP contribution in [0.15, 0.2) is 78.9 Å². The molecule has 5 heteroatoms. The lowest BCUT2D eigenvalue weighted by molar-refractivity contribution is 0.0476. The van der Waals surface area contributed by atoms with Crippen LogP contribution < -0.4 is 0 Å². The zero-order chi connectivity index (χ0) is 21.8. The van der Waals surface area contributed by atoms with Gasteiger partial charge in [0.1, 0.15) is 0 Å². The van der Waals surface area contributed by atoms with Crippen molar-refractivity contribution in [2.45, 2.75) is 13.3 Å². The summed E-state index contributed by atoms with van der Waals surface area (Å²) in [6.45, 7) is 1.75. The number of carbonyl (C=O) groups is 2. The summed E-state index contributed by atoms with van der Waals surface area (Å²) >= 11 is 5.86. The number of halogens is 1. The van der Waals surface area contributed by atoms with E-state index in [0.717, 1.165) is 12.0 Å². The second-order valence-electron chi connectivity index (χ2n) is 7.13. The van der Waals surface area contributed by atoms with Crippen LogP contribution in [0.3, 0.4) is 0 Å². The zero-order valence-corrected chi connectivity index (χ0v) is 17.7. The van der Waals surface area contributed by atoms with E-state index >= 15 is 0 Å². The fourth-order valence-electron chi connectivity index (χ4n) is 3.33. The topological polar surface area (TPSA) is 56.3 Å². The van der Waals surface area contributed by atoms with Crippen molar-refractivity contribution >= 4 is 34.3 Å². The molecule has 0 saturated heterocycles. The van der Waals surface area contributed by atoms with E-state index in [1.165, 1.54) is 5.56 Å². The van der Waals surface area contributed by atoms with Gasteiger partial charge in [0.2, 0.25) is 0 Å². The van der Waals surface area contributed by atoms with Gasteiger partial charge < -0.3 is 4.74 Å². The average Bonchev–Trinajstić information content (AvgIpc) is 2.82. The predicted octanol–water partition coefficient (Wildman–Crippen LogP) is 6.16. The number of Topliss-reactive ketones (excluding diaryl/α,β-unsaturated/α-hetero) is 1. The number of ketones is 1. The maximum atomic E-state index is 12.9. The molecule has 0 unspecified atom stereocenters. The molecule has 3 aromatic carbocycles. The molecular weight excluding hydrogens is 410 g/mol. The Hall–Kier alpha value is -3.50. The fraction of sp³-hybridized carbons (Fsp3) is 0.115. The molecule has 4 rings (SSSR count). The Morgan fingerprint density at radius 3 is 2.35 bits per heavy atom. The highest BCUT2D eigenvalue weighted by Crippen LogP contribution is 2.26. The van der Waals surface area contributed by atoms with Crippen molar-refractivity contribution < 1.29 is 14.3 Å². The van der Waals surface area contributed by atoms with E-state index in [0.29, 0.717) is 32.7 Å². The highest BCUT2D eigenvalue weighted by Gasteiger charge is 2.17. The van der Waals surface area contributed by atoms with E-state index < -0.39 is 5.97 Å². The van der Waals surface area contributed by atoms with Crippen LogP contribution in [0, 0.1) is 0 Å². The summed E-state index contributed by atoms with van der Waals surface area (Å²) in [5, 5.41) is 1.22. The number of hydrogen-bond donors (Lipinski definition) is 0. The molecule has 0 amide bonds. The normalized spacial score (nSPS) is 10.8. The quantitative estimate of drug-likeness (QED) is 0.272. The van der Waals surface area contributed by atoms with Gasteiger partial charge in [-0.1, -0.05) is 61.0 Å². The summed E-state index contributed by atoms with van der Waals surface area (Å²) in [6.07, 6.45) is 0.949. The van der Waals surface area contributed by atoms with E-state index in [-0.39, 0.29) is 12.4 Å². The highest BCUT2D eigenvalue weighted by atomic mass is 35.5. The fourth-order valence-corrected chi connectivity index (χ4v) is 3.46. The lowest BCUT2D eigenvalue weighted by Gasteiger charge is -2.10. The van der Waals surface area contributed by atoms with Crippen molar-refractivity contribution in [1.82, 2.24) is 4.98 Å². The first-order valence-electron chi connectivity index (χ1n) is 10.00. The van der Waals surface area contributed by atoms with Gasteiger partial charge >= 0.3 is 5.97 Å². The second kappa shape index (κ2) is 9.11. The summed E-state index contributed by atoms with van der Waals surface area (Å²) in [7, 11) is 0. The molecule has 0 aliphatic carbocycles. The maximum absolute atomic E-state index is 12.9. The molecule has 0 N–H and O–H groups in total. The third-order valence-corrected chi connectivity index (χ3v) is 5.35. The second-order valence-corrected chi connectivity index (χ2v) is 7.57. The number of aromatic nitrogens is 1. The van der Waals surface area contributed by atoms with Gasteiger partial charge in [0.15, 0.2) is 12.4 Å². The van der Waals surface area contributed by atoms with Crippen molar-refractivity contribution in [2.24, 2.45) is 0 Å². The van der Waals surface area contributed by atoms with Gasteiger partial charge in [-0.3, -0.25) is 4.79 Å². The lowest BCUT2D eigenvalue weighted by Crippen LogP contribution is -2.15. The number of hydrogen-bond acceptors (Lipinski definition) is 4. The van der Waals surface area contributed by atoms with Crippen LogP contribution in [-0.2, 0) is 11.2 Å². The number of rotatable bonds is 6. The third kappa shape index (κ3) is 4.65. The first kappa shape index (κ1) is 20.8. The van der Waals surface area contributed by atoms with E-state index in [9.17, 15) is 9.59 Å². The Balaban J connectivity index is 1.62. The molecule has 0 aliphatic rings. The maximum Gasteiger partial charge on any atom is 0.339 e. The van der Waals surface area contributed by atoms with E-state index in [4.69, 9.17) is 21.3 Å². The lowest BCUT2D eigenvalue weighted by atomic mass is 10.0. The van der Waals surface area contributed by atoms with Crippen LogP contribution in [-0.4, -0.2) is 23.3 Å². The summed E-state index contributed by atoms with van der Waals surface area (Å²) in [4.78, 5) is 30.0. The smallest absolute Gasteiger partial charge is 0.339 e. The van der Waals surface area contributed by atoms with Gasteiger partial charge in [0.25, 0.3) is 0 Å². The molecule has 4 aromatic rings. The van der Waals surface area contributed by atoms with Crippen molar-refractivity contribution in [2.75, 3.05) is 6.61 Å². The van der Waals surface area contributed by atoms with Crippen LogP contribution in [0.5, 0.6) is 0 Å². The highest BCUT2D eigenvalue weighted by molar-refractivity contribution is 6.30. The SMILES string of the molecule is CCc1ccc(-c2cc(C(=O)OCC(=O)c3ccc(Cl)cc3)c3ccccc3n2)cc1. The van der Waals surface area contributed by atoms with Crippen LogP contribution in [0.1, 0.15) is 33.2 Å². The van der Waals surface area contributed by atoms with Crippen molar-refractivity contribution in [3.8, 4) is 11.3 Å². The molecule has 154 valence electrons. The van der Waals surface area contributed by atoms with Crippen LogP contribution in [0.4, 0.5) is 0 Å². The Labute approximate surface area is 185 Å². The van der Waals surface area contributed by atoms with Crippen molar-refractivity contribution in [3.63, 3.8) is 0 Å². The first-order valence-corrected chi connectivity index (χ1v) is 10.4. The number of nitrogens with zero attached hydrogens (tertiary/aromatic N) is 1. The molecule has 0 atom stereocenters. The first-order chi connectivity index (χ1) is 15.0. The number of ether oxygens (including phenoxy) is 1. The summed E-state index contributed by atoms with van der Waals surface area (Å²) < 4.78 is 5.36. The summed E-state index contributed by atoms with van der Waals surface area (Å²) in [5.74, 6) is -0.855. The Morgan fingerprint density at radius 1 is 0.935 bits per heavy atom. The molecule has 1 heterocycles. The average molecular weight is 430 g/mol. The molecule has 0 fully saturated rings. The number of benzene rings is 3. The molecule has 0 radical (unpaired) electrons. The van der Waals surface area contributed by atoms with Crippen LogP contribution in [0.25, 0.3) is 22.2 Å². The van der Waals surface area contributed by atoms with E-state index in [1.807, 2.05) is 36.4 Å². The molecule has 0 bridgehead atoms. The number of carbonyl (C=O) groups excluding carboxylic acids is 2. The van der Waals surface area contributed by atoms with Crippen molar-refractivity contribution in [3.05, 3.63) is 101 Å². The van der Waals surface area contributed by atoms with Gasteiger partial charge in [0.05, 0.1) is 16.8 Å². The number of esters is 1. The van der Waals surface area contributed by atoms with Crippen LogP contribution in [0.2, 0.25) is 5.02 Å². The molecule has 4 nitrogen and oxygen atoms in total. The van der Waals surface area contributed by atoms with E-state index in [1.54, 1.807) is 30.3 Å². The monoisotopic (exact) mass is 429 g/mol. The molecule has 0 spiro atoms. The van der Waals surface area contributed by atoms with Gasteiger partial charge in [-0.05, 0) is 48.4 Å². The van der Waals surface area contributed by atoms with Gasteiger partial charge in [-0.25, -0.2) is 9.78 Å². The number of pyridine rings is 1. The largest absolute Gasteiger partial charge is 0.454 e. The molecular formula is C26H20ClNO3. The summed E-state index contributed by atoms with van der Waals surface area (Å²) in [5.41, 5.74) is 4.32. The van der Waals surface area contributed by atoms with Crippen molar-refractivity contribution in [1.29, 1.82) is 0 Å². The number of para-hydroxylation sites is 1. The molecule has 1 aromatic heterocycles. The third-order valence-electron chi connectivity index (χ3n) is 5.09. The molecule has 0 aliphatic heterocycles.